The van der Waals surface area contributed by atoms with Crippen LogP contribution in [0.25, 0.3) is 0 Å². The summed E-state index contributed by atoms with van der Waals surface area (Å²) in [5.41, 5.74) is 6.07. The first-order valence-electron chi connectivity index (χ1n) is 5.13. The molecule has 0 aliphatic rings. The third-order valence-corrected chi connectivity index (χ3v) is 2.60. The van der Waals surface area contributed by atoms with E-state index in [1.165, 1.54) is 6.42 Å². The lowest BCUT2D eigenvalue weighted by Gasteiger charge is -2.30. The van der Waals surface area contributed by atoms with E-state index in [1.54, 1.807) is 0 Å². The Kier molecular flexibility index (Phi) is 6.39. The van der Waals surface area contributed by atoms with Gasteiger partial charge in [-0.15, -0.1) is 0 Å². The number of nitrogens with two attached hydrogens (primary N) is 1. The molecule has 2 heteroatoms. The van der Waals surface area contributed by atoms with E-state index in [0.717, 1.165) is 19.4 Å². The molecule has 0 saturated carbocycles. The quantitative estimate of drug-likeness (QED) is 0.662. The molecule has 0 aliphatic heterocycles. The zero-order valence-corrected chi connectivity index (χ0v) is 9.01. The van der Waals surface area contributed by atoms with E-state index < -0.39 is 0 Å². The predicted octanol–water partition coefficient (Wildman–Crippen LogP) is 1.84. The molecular weight excluding hydrogens is 148 g/mol. The van der Waals surface area contributed by atoms with Crippen molar-refractivity contribution in [2.45, 2.75) is 52.1 Å². The Bertz CT molecular complexity index is 104. The molecule has 0 heterocycles. The van der Waals surface area contributed by atoms with Crippen molar-refractivity contribution >= 4 is 0 Å². The Morgan fingerprint density at radius 3 is 2.17 bits per heavy atom. The average Bonchev–Trinajstić information content (AvgIpc) is 2.06. The molecule has 2 atom stereocenters. The minimum Gasteiger partial charge on any atom is -0.326 e. The molecule has 0 aromatic heterocycles. The third-order valence-electron chi connectivity index (χ3n) is 2.60. The maximum Gasteiger partial charge on any atom is 0.0241 e. The number of hydrogen-bond acceptors (Lipinski definition) is 2. The second kappa shape index (κ2) is 6.44. The second-order valence-corrected chi connectivity index (χ2v) is 3.50. The number of rotatable bonds is 6. The maximum absolute atomic E-state index is 6.07. The molecule has 74 valence electrons. The van der Waals surface area contributed by atoms with Crippen molar-refractivity contribution in [1.82, 2.24) is 4.90 Å². The van der Waals surface area contributed by atoms with Crippen molar-refractivity contribution in [1.29, 1.82) is 0 Å². The van der Waals surface area contributed by atoms with E-state index >= 15 is 0 Å². The normalized spacial score (nSPS) is 16.5. The zero-order chi connectivity index (χ0) is 9.56. The van der Waals surface area contributed by atoms with Crippen LogP contribution in [0.5, 0.6) is 0 Å². The standard InChI is InChI=1S/C10H24N2/c1-5-8-9(11)10(6-2)12(4)7-3/h9-10H,5-8,11H2,1-4H3. The molecule has 0 aliphatic carbocycles. The molecule has 2 N–H and O–H groups in total. The fraction of sp³-hybridized carbons (Fsp3) is 1.00. The van der Waals surface area contributed by atoms with Crippen LogP contribution in [0.1, 0.15) is 40.0 Å². The molecule has 2 nitrogen and oxygen atoms in total. The highest BCUT2D eigenvalue weighted by Gasteiger charge is 2.17. The minimum atomic E-state index is 0.352. The van der Waals surface area contributed by atoms with Gasteiger partial charge in [-0.25, -0.2) is 0 Å². The minimum absolute atomic E-state index is 0.352. The summed E-state index contributed by atoms with van der Waals surface area (Å²) in [6, 6.07) is 0.917. The Morgan fingerprint density at radius 2 is 1.83 bits per heavy atom. The van der Waals surface area contributed by atoms with Gasteiger partial charge in [0.1, 0.15) is 0 Å². The summed E-state index contributed by atoms with van der Waals surface area (Å²) in [4.78, 5) is 2.35. The Hall–Kier alpha value is -0.0800. The Morgan fingerprint density at radius 1 is 1.25 bits per heavy atom. The SMILES string of the molecule is CCCC(N)C(CC)N(C)CC. The van der Waals surface area contributed by atoms with Crippen molar-refractivity contribution in [3.8, 4) is 0 Å². The fourth-order valence-corrected chi connectivity index (χ4v) is 1.70. The van der Waals surface area contributed by atoms with Crippen LogP contribution in [0.15, 0.2) is 0 Å². The summed E-state index contributed by atoms with van der Waals surface area (Å²) in [6.07, 6.45) is 3.49. The summed E-state index contributed by atoms with van der Waals surface area (Å²) in [5.74, 6) is 0. The van der Waals surface area contributed by atoms with E-state index in [1.807, 2.05) is 0 Å². The number of likely N-dealkylation sites (N-methyl/N-ethyl adjacent to an activating group) is 1. The monoisotopic (exact) mass is 172 g/mol. The first-order valence-corrected chi connectivity index (χ1v) is 5.13. The highest BCUT2D eigenvalue weighted by Crippen LogP contribution is 2.09. The largest absolute Gasteiger partial charge is 0.326 e. The van der Waals surface area contributed by atoms with Crippen LogP contribution in [0.3, 0.4) is 0 Å². The summed E-state index contributed by atoms with van der Waals surface area (Å²) >= 11 is 0. The van der Waals surface area contributed by atoms with Gasteiger partial charge >= 0.3 is 0 Å². The van der Waals surface area contributed by atoms with Crippen LogP contribution in [0.2, 0.25) is 0 Å². The lowest BCUT2D eigenvalue weighted by atomic mass is 10.0. The van der Waals surface area contributed by atoms with Crippen molar-refractivity contribution in [3.05, 3.63) is 0 Å². The van der Waals surface area contributed by atoms with Gasteiger partial charge in [0.15, 0.2) is 0 Å². The van der Waals surface area contributed by atoms with E-state index in [9.17, 15) is 0 Å². The highest BCUT2D eigenvalue weighted by molar-refractivity contribution is 4.78. The molecule has 0 saturated heterocycles. The summed E-state index contributed by atoms with van der Waals surface area (Å²) in [7, 11) is 2.16. The molecule has 0 aromatic carbocycles. The van der Waals surface area contributed by atoms with Gasteiger partial charge in [-0.3, -0.25) is 0 Å². The van der Waals surface area contributed by atoms with E-state index in [4.69, 9.17) is 5.73 Å². The summed E-state index contributed by atoms with van der Waals surface area (Å²) in [6.45, 7) is 7.68. The Labute approximate surface area is 77.1 Å². The fourth-order valence-electron chi connectivity index (χ4n) is 1.70. The first-order chi connectivity index (χ1) is 5.67. The third kappa shape index (κ3) is 3.55. The van der Waals surface area contributed by atoms with Crippen LogP contribution >= 0.6 is 0 Å². The molecule has 0 rings (SSSR count). The molecule has 0 fully saturated rings. The van der Waals surface area contributed by atoms with Gasteiger partial charge < -0.3 is 10.6 Å². The van der Waals surface area contributed by atoms with Crippen molar-refractivity contribution < 1.29 is 0 Å². The van der Waals surface area contributed by atoms with E-state index in [-0.39, 0.29) is 0 Å². The highest BCUT2D eigenvalue weighted by atomic mass is 15.1. The number of nitrogens with zero attached hydrogens (tertiary/aromatic N) is 1. The van der Waals surface area contributed by atoms with Gasteiger partial charge in [0.05, 0.1) is 0 Å². The van der Waals surface area contributed by atoms with Crippen LogP contribution in [-0.4, -0.2) is 30.6 Å². The number of hydrogen-bond donors (Lipinski definition) is 1. The summed E-state index contributed by atoms with van der Waals surface area (Å²) < 4.78 is 0. The Balaban J connectivity index is 3.94. The molecule has 0 amide bonds. The molecule has 2 unspecified atom stereocenters. The van der Waals surface area contributed by atoms with Crippen LogP contribution < -0.4 is 5.73 Å². The molecule has 0 spiro atoms. The lowest BCUT2D eigenvalue weighted by Crippen LogP contribution is -2.45. The molecular formula is C10H24N2. The maximum atomic E-state index is 6.07. The average molecular weight is 172 g/mol. The molecule has 0 bridgehead atoms. The van der Waals surface area contributed by atoms with Crippen LogP contribution in [0.4, 0.5) is 0 Å². The van der Waals surface area contributed by atoms with Gasteiger partial charge in [-0.05, 0) is 26.4 Å². The topological polar surface area (TPSA) is 29.3 Å². The van der Waals surface area contributed by atoms with Crippen molar-refractivity contribution in [2.75, 3.05) is 13.6 Å². The summed E-state index contributed by atoms with van der Waals surface area (Å²) in [5, 5.41) is 0. The second-order valence-electron chi connectivity index (χ2n) is 3.50. The van der Waals surface area contributed by atoms with Crippen molar-refractivity contribution in [3.63, 3.8) is 0 Å². The molecule has 12 heavy (non-hydrogen) atoms. The first kappa shape index (κ1) is 11.9. The smallest absolute Gasteiger partial charge is 0.0241 e. The van der Waals surface area contributed by atoms with E-state index in [2.05, 4.69) is 32.7 Å². The van der Waals surface area contributed by atoms with Gasteiger partial charge in [-0.1, -0.05) is 27.2 Å². The predicted molar refractivity (Wildman–Crippen MR) is 55.3 cm³/mol. The van der Waals surface area contributed by atoms with Crippen LogP contribution in [-0.2, 0) is 0 Å². The van der Waals surface area contributed by atoms with Crippen molar-refractivity contribution in [2.24, 2.45) is 5.73 Å². The molecule has 0 aromatic rings. The van der Waals surface area contributed by atoms with Gasteiger partial charge in [0.25, 0.3) is 0 Å². The lowest BCUT2D eigenvalue weighted by molar-refractivity contribution is 0.208. The van der Waals surface area contributed by atoms with Gasteiger partial charge in [-0.2, -0.15) is 0 Å². The van der Waals surface area contributed by atoms with E-state index in [0.29, 0.717) is 12.1 Å². The van der Waals surface area contributed by atoms with Gasteiger partial charge in [0, 0.05) is 12.1 Å². The molecule has 0 radical (unpaired) electrons. The zero-order valence-electron chi connectivity index (χ0n) is 9.01. The van der Waals surface area contributed by atoms with Crippen LogP contribution in [0, 0.1) is 0 Å². The van der Waals surface area contributed by atoms with Gasteiger partial charge in [0.2, 0.25) is 0 Å².